The van der Waals surface area contributed by atoms with E-state index in [1.807, 2.05) is 31.2 Å². The monoisotopic (exact) mass is 491 g/mol. The summed E-state index contributed by atoms with van der Waals surface area (Å²) in [7, 11) is 3.52. The number of amides is 1. The highest BCUT2D eigenvalue weighted by molar-refractivity contribution is 8.76. The quantitative estimate of drug-likeness (QED) is 0.421. The molecule has 4 unspecified atom stereocenters. The van der Waals surface area contributed by atoms with Gasteiger partial charge in [0.2, 0.25) is 0 Å². The van der Waals surface area contributed by atoms with Gasteiger partial charge in [-0.25, -0.2) is 9.79 Å². The van der Waals surface area contributed by atoms with Gasteiger partial charge >= 0.3 is 5.97 Å². The van der Waals surface area contributed by atoms with Crippen molar-refractivity contribution in [3.05, 3.63) is 35.4 Å². The summed E-state index contributed by atoms with van der Waals surface area (Å²) in [6.45, 7) is 6.20. The molecule has 1 aromatic carbocycles. The Hall–Kier alpha value is -2.24. The van der Waals surface area contributed by atoms with Gasteiger partial charge in [0, 0.05) is 17.4 Å². The minimum Gasteiger partial charge on any atom is -0.456 e. The molecule has 11 heteroatoms. The maximum atomic E-state index is 13.2. The molecular formula is C22H29N5O4S2. The van der Waals surface area contributed by atoms with Gasteiger partial charge < -0.3 is 20.1 Å². The topological polar surface area (TPSA) is 119 Å². The molecule has 0 saturated carbocycles. The second kappa shape index (κ2) is 10.4. The van der Waals surface area contributed by atoms with Crippen molar-refractivity contribution in [2.24, 2.45) is 15.7 Å². The Morgan fingerprint density at radius 1 is 1.39 bits per heavy atom. The third kappa shape index (κ3) is 4.99. The van der Waals surface area contributed by atoms with Gasteiger partial charge in [0.05, 0.1) is 18.0 Å². The van der Waals surface area contributed by atoms with Crippen molar-refractivity contribution in [2.75, 3.05) is 5.75 Å². The van der Waals surface area contributed by atoms with Crippen LogP contribution in [0.4, 0.5) is 0 Å². The molecule has 3 N–H and O–H groups in total. The molecule has 3 aliphatic rings. The third-order valence-corrected chi connectivity index (χ3v) is 8.76. The molecule has 1 saturated heterocycles. The number of carbonyl (C=O) groups excluding carboxylic acids is 2. The molecule has 0 bridgehead atoms. The third-order valence-electron chi connectivity index (χ3n) is 5.86. The number of nitrogens with zero attached hydrogens (tertiary/aromatic N) is 3. The Kier molecular flexibility index (Phi) is 7.50. The van der Waals surface area contributed by atoms with E-state index in [9.17, 15) is 9.59 Å². The number of esters is 1. The van der Waals surface area contributed by atoms with Crippen molar-refractivity contribution in [1.29, 1.82) is 0 Å². The average molecular weight is 492 g/mol. The SMILES string of the molecule is CCSSC(C)c1ccccc1C(=O)OC1C[C@H](N2C=NC3C(=O)NC(N)=NC32)O[C@@H]1CC. The first-order chi connectivity index (χ1) is 15.9. The average Bonchev–Trinajstić information content (AvgIpc) is 3.41. The zero-order valence-corrected chi connectivity index (χ0v) is 20.5. The van der Waals surface area contributed by atoms with E-state index in [0.717, 1.165) is 11.3 Å². The lowest BCUT2D eigenvalue weighted by Crippen LogP contribution is -2.55. The lowest BCUT2D eigenvalue weighted by molar-refractivity contribution is -0.123. The minimum absolute atomic E-state index is 0.0644. The summed E-state index contributed by atoms with van der Waals surface area (Å²) < 4.78 is 12.2. The van der Waals surface area contributed by atoms with Gasteiger partial charge in [0.1, 0.15) is 12.3 Å². The number of guanidine groups is 1. The Morgan fingerprint density at radius 3 is 2.94 bits per heavy atom. The molecule has 9 nitrogen and oxygen atoms in total. The van der Waals surface area contributed by atoms with E-state index >= 15 is 0 Å². The Labute approximate surface area is 201 Å². The number of nitrogens with one attached hydrogen (secondary N) is 1. The summed E-state index contributed by atoms with van der Waals surface area (Å²) >= 11 is 0. The number of benzene rings is 1. The number of hydrogen-bond donors (Lipinski definition) is 2. The van der Waals surface area contributed by atoms with Crippen molar-refractivity contribution in [3.8, 4) is 0 Å². The van der Waals surface area contributed by atoms with Crippen LogP contribution in [0.1, 0.15) is 54.8 Å². The van der Waals surface area contributed by atoms with Crippen LogP contribution in [0.2, 0.25) is 0 Å². The van der Waals surface area contributed by atoms with E-state index in [4.69, 9.17) is 15.2 Å². The molecular weight excluding hydrogens is 462 g/mol. The van der Waals surface area contributed by atoms with E-state index in [1.54, 1.807) is 32.8 Å². The largest absolute Gasteiger partial charge is 0.456 e. The van der Waals surface area contributed by atoms with Gasteiger partial charge in [-0.2, -0.15) is 0 Å². The summed E-state index contributed by atoms with van der Waals surface area (Å²) in [6, 6.07) is 6.93. The van der Waals surface area contributed by atoms with Crippen LogP contribution >= 0.6 is 21.6 Å². The van der Waals surface area contributed by atoms with Gasteiger partial charge in [-0.15, -0.1) is 0 Å². The highest BCUT2D eigenvalue weighted by atomic mass is 33.1. The summed E-state index contributed by atoms with van der Waals surface area (Å²) in [5.74, 6) is 0.429. The molecule has 1 fully saturated rings. The van der Waals surface area contributed by atoms with E-state index in [1.165, 1.54) is 0 Å². The first-order valence-corrected chi connectivity index (χ1v) is 13.5. The molecule has 0 aliphatic carbocycles. The number of rotatable bonds is 8. The second-order valence-electron chi connectivity index (χ2n) is 8.02. The molecule has 178 valence electrons. The maximum Gasteiger partial charge on any atom is 0.338 e. The number of nitrogens with two attached hydrogens (primary N) is 1. The number of ether oxygens (including phenoxy) is 2. The van der Waals surface area contributed by atoms with Crippen molar-refractivity contribution in [2.45, 2.75) is 69.5 Å². The fourth-order valence-electron chi connectivity index (χ4n) is 4.25. The lowest BCUT2D eigenvalue weighted by Gasteiger charge is -2.31. The van der Waals surface area contributed by atoms with Gasteiger partial charge in [0.15, 0.2) is 18.2 Å². The van der Waals surface area contributed by atoms with Crippen molar-refractivity contribution in [3.63, 3.8) is 0 Å². The normalized spacial score (nSPS) is 29.4. The maximum absolute atomic E-state index is 13.2. The molecule has 0 radical (unpaired) electrons. The van der Waals surface area contributed by atoms with Gasteiger partial charge in [0.25, 0.3) is 5.91 Å². The van der Waals surface area contributed by atoms with Crippen molar-refractivity contribution >= 4 is 45.8 Å². The molecule has 1 amide bonds. The Balaban J connectivity index is 1.46. The van der Waals surface area contributed by atoms with E-state index < -0.39 is 24.5 Å². The molecule has 1 aromatic rings. The fraction of sp³-hybridized carbons (Fsp3) is 0.545. The zero-order chi connectivity index (χ0) is 23.5. The predicted molar refractivity (Wildman–Crippen MR) is 131 cm³/mol. The number of carbonyl (C=O) groups is 2. The summed E-state index contributed by atoms with van der Waals surface area (Å²) in [4.78, 5) is 35.7. The Morgan fingerprint density at radius 2 is 2.18 bits per heavy atom. The van der Waals surface area contributed by atoms with Crippen molar-refractivity contribution < 1.29 is 19.1 Å². The summed E-state index contributed by atoms with van der Waals surface area (Å²) in [5, 5.41) is 2.66. The highest BCUT2D eigenvalue weighted by Crippen LogP contribution is 2.39. The van der Waals surface area contributed by atoms with Crippen LogP contribution in [0.5, 0.6) is 0 Å². The van der Waals surface area contributed by atoms with Crippen LogP contribution < -0.4 is 11.1 Å². The summed E-state index contributed by atoms with van der Waals surface area (Å²) in [5.41, 5.74) is 7.29. The standard InChI is InChI=1S/C22H29N5O4S2/c1-4-15-16(31-21(29)14-9-7-6-8-13(14)12(3)33-32-5-2)10-17(30-15)27-11-24-18-19(27)25-22(23)26-20(18)28/h6-9,11-12,15-19H,4-5,10H2,1-3H3,(H3,23,25,26,28)/t12?,15-,16?,17-,18?,19?/m1/s1. The minimum atomic E-state index is -0.658. The fourth-order valence-corrected chi connectivity index (χ4v) is 6.23. The number of hydrogen-bond acceptors (Lipinski definition) is 10. The first kappa shape index (κ1) is 23.9. The number of aliphatic imine (C=N–C) groups is 2. The number of fused-ring (bicyclic) bond motifs is 1. The molecule has 33 heavy (non-hydrogen) atoms. The Bertz CT molecular complexity index is 958. The first-order valence-electron chi connectivity index (χ1n) is 11.1. The van der Waals surface area contributed by atoms with Crippen LogP contribution in [0, 0.1) is 0 Å². The van der Waals surface area contributed by atoms with Crippen molar-refractivity contribution in [1.82, 2.24) is 10.2 Å². The molecule has 0 spiro atoms. The lowest BCUT2D eigenvalue weighted by atomic mass is 10.0. The molecule has 0 aromatic heterocycles. The molecule has 3 heterocycles. The molecule has 3 aliphatic heterocycles. The van der Waals surface area contributed by atoms with Crippen LogP contribution in [-0.4, -0.2) is 65.5 Å². The van der Waals surface area contributed by atoms with Crippen LogP contribution in [-0.2, 0) is 14.3 Å². The van der Waals surface area contributed by atoms with Gasteiger partial charge in [-0.05, 0) is 25.0 Å². The smallest absolute Gasteiger partial charge is 0.338 e. The van der Waals surface area contributed by atoms with E-state index in [2.05, 4.69) is 29.1 Å². The summed E-state index contributed by atoms with van der Waals surface area (Å²) in [6.07, 6.45) is 1.07. The molecule has 6 atom stereocenters. The van der Waals surface area contributed by atoms with Crippen LogP contribution in [0.25, 0.3) is 0 Å². The highest BCUT2D eigenvalue weighted by Gasteiger charge is 2.47. The van der Waals surface area contributed by atoms with Gasteiger partial charge in [-0.3, -0.25) is 15.1 Å². The van der Waals surface area contributed by atoms with Gasteiger partial charge in [-0.1, -0.05) is 53.6 Å². The second-order valence-corrected chi connectivity index (χ2v) is 11.0. The van der Waals surface area contributed by atoms with Crippen LogP contribution in [0.15, 0.2) is 34.3 Å². The zero-order valence-electron chi connectivity index (χ0n) is 18.8. The molecule has 4 rings (SSSR count). The predicted octanol–water partition coefficient (Wildman–Crippen LogP) is 2.68. The van der Waals surface area contributed by atoms with Crippen LogP contribution in [0.3, 0.4) is 0 Å². The van der Waals surface area contributed by atoms with E-state index in [0.29, 0.717) is 18.4 Å². The van der Waals surface area contributed by atoms with E-state index in [-0.39, 0.29) is 29.2 Å².